The number of methoxy groups -OCH3 is 1. The quantitative estimate of drug-likeness (QED) is 0.673. The van der Waals surface area contributed by atoms with Gasteiger partial charge in [0.15, 0.2) is 5.71 Å². The molecule has 21 heavy (non-hydrogen) atoms. The molecule has 114 valence electrons. The van der Waals surface area contributed by atoms with E-state index in [0.717, 1.165) is 5.71 Å². The van der Waals surface area contributed by atoms with Crippen molar-refractivity contribution in [3.63, 3.8) is 0 Å². The molecule has 1 aromatic rings. The molecule has 2 rings (SSSR count). The summed E-state index contributed by atoms with van der Waals surface area (Å²) in [7, 11) is 1.45. The number of thiol groups is 1. The second-order valence-corrected chi connectivity index (χ2v) is 5.69. The summed E-state index contributed by atoms with van der Waals surface area (Å²) in [5, 5.41) is -0.326. The summed E-state index contributed by atoms with van der Waals surface area (Å²) in [6.07, 6.45) is 0. The van der Waals surface area contributed by atoms with E-state index in [9.17, 15) is 9.18 Å². The number of carbonyl (C=O) groups excluding carboxylic acids is 1. The summed E-state index contributed by atoms with van der Waals surface area (Å²) in [6.45, 7) is 4.64. The van der Waals surface area contributed by atoms with Gasteiger partial charge in [-0.25, -0.2) is 9.18 Å². The van der Waals surface area contributed by atoms with E-state index in [-0.39, 0.29) is 22.8 Å². The first-order chi connectivity index (χ1) is 9.95. The Labute approximate surface area is 129 Å². The van der Waals surface area contributed by atoms with Crippen molar-refractivity contribution in [1.82, 2.24) is 0 Å². The van der Waals surface area contributed by atoms with E-state index in [1.165, 1.54) is 25.3 Å². The van der Waals surface area contributed by atoms with Crippen LogP contribution >= 0.6 is 12.6 Å². The third-order valence-corrected chi connectivity index (χ3v) is 4.23. The number of hydrogen-bond acceptors (Lipinski definition) is 4. The molecule has 0 bridgehead atoms. The third kappa shape index (κ3) is 3.27. The maximum atomic E-state index is 13.5. The molecule has 2 atom stereocenters. The molecule has 0 radical (unpaired) electrons. The van der Waals surface area contributed by atoms with Crippen molar-refractivity contribution in [3.8, 4) is 5.75 Å². The van der Waals surface area contributed by atoms with E-state index in [2.05, 4.69) is 12.6 Å². The molecular formula is C15H19FNO3S+. The van der Waals surface area contributed by atoms with E-state index in [0.29, 0.717) is 19.0 Å². The molecule has 0 aliphatic carbocycles. The molecule has 1 aliphatic heterocycles. The predicted octanol–water partition coefficient (Wildman–Crippen LogP) is 2.37. The van der Waals surface area contributed by atoms with E-state index in [4.69, 9.17) is 9.47 Å². The number of carbonyl (C=O) groups is 1. The average molecular weight is 312 g/mol. The normalized spacial score (nSPS) is 22.9. The van der Waals surface area contributed by atoms with Crippen LogP contribution < -0.4 is 4.74 Å². The number of rotatable bonds is 2. The molecule has 0 N–H and O–H groups in total. The van der Waals surface area contributed by atoms with Gasteiger partial charge in [0.2, 0.25) is 5.37 Å². The first-order valence-corrected chi connectivity index (χ1v) is 7.22. The third-order valence-electron chi connectivity index (χ3n) is 3.49. The van der Waals surface area contributed by atoms with Gasteiger partial charge < -0.3 is 9.47 Å². The van der Waals surface area contributed by atoms with Crippen LogP contribution in [0.15, 0.2) is 18.2 Å². The SMILES string of the molecule is COc1ccc(F)cc1C(=O)[N+]1=C(C)COC[C@@H](C)C1S. The second-order valence-electron chi connectivity index (χ2n) is 5.16. The molecule has 0 spiro atoms. The Hall–Kier alpha value is -1.40. The largest absolute Gasteiger partial charge is 0.496 e. The highest BCUT2D eigenvalue weighted by Crippen LogP contribution is 2.24. The Balaban J connectivity index is 2.49. The Kier molecular flexibility index (Phi) is 5.00. The minimum absolute atomic E-state index is 0.0642. The summed E-state index contributed by atoms with van der Waals surface area (Å²) < 4.78 is 25.7. The van der Waals surface area contributed by atoms with Gasteiger partial charge in [0.05, 0.1) is 19.6 Å². The van der Waals surface area contributed by atoms with Crippen molar-refractivity contribution < 1.29 is 23.2 Å². The number of halogens is 1. The summed E-state index contributed by atoms with van der Waals surface area (Å²) >= 11 is 4.53. The van der Waals surface area contributed by atoms with Crippen molar-refractivity contribution in [1.29, 1.82) is 0 Å². The van der Waals surface area contributed by atoms with Crippen LogP contribution in [0.4, 0.5) is 4.39 Å². The van der Waals surface area contributed by atoms with Crippen molar-refractivity contribution in [3.05, 3.63) is 29.6 Å². The van der Waals surface area contributed by atoms with E-state index in [1.807, 2.05) is 13.8 Å². The van der Waals surface area contributed by atoms with Gasteiger partial charge in [-0.05, 0) is 18.2 Å². The molecule has 1 unspecified atom stereocenters. The van der Waals surface area contributed by atoms with Gasteiger partial charge in [-0.2, -0.15) is 4.58 Å². The molecule has 0 fully saturated rings. The van der Waals surface area contributed by atoms with Gasteiger partial charge in [0, 0.05) is 6.92 Å². The van der Waals surface area contributed by atoms with Crippen LogP contribution in [0.5, 0.6) is 5.75 Å². The van der Waals surface area contributed by atoms with Crippen molar-refractivity contribution in [2.24, 2.45) is 5.92 Å². The Morgan fingerprint density at radius 1 is 1.52 bits per heavy atom. The molecule has 1 amide bonds. The Morgan fingerprint density at radius 3 is 2.90 bits per heavy atom. The average Bonchev–Trinajstić information content (AvgIpc) is 2.58. The van der Waals surface area contributed by atoms with Crippen LogP contribution in [0.2, 0.25) is 0 Å². The lowest BCUT2D eigenvalue weighted by molar-refractivity contribution is -0.451. The highest BCUT2D eigenvalue weighted by Gasteiger charge is 2.37. The molecule has 1 aromatic carbocycles. The molecule has 6 heteroatoms. The summed E-state index contributed by atoms with van der Waals surface area (Å²) in [4.78, 5) is 12.8. The van der Waals surface area contributed by atoms with Gasteiger partial charge in [-0.3, -0.25) is 0 Å². The number of nitrogens with zero attached hydrogens (tertiary/aromatic N) is 1. The van der Waals surface area contributed by atoms with E-state index in [1.54, 1.807) is 4.58 Å². The molecule has 0 aromatic heterocycles. The van der Waals surface area contributed by atoms with Crippen LogP contribution in [0.1, 0.15) is 24.2 Å². The van der Waals surface area contributed by atoms with Crippen LogP contribution in [-0.2, 0) is 4.74 Å². The molecule has 0 saturated carbocycles. The topological polar surface area (TPSA) is 38.5 Å². The minimum Gasteiger partial charge on any atom is -0.496 e. The zero-order valence-electron chi connectivity index (χ0n) is 12.3. The maximum absolute atomic E-state index is 13.5. The first-order valence-electron chi connectivity index (χ1n) is 6.71. The minimum atomic E-state index is -0.480. The smallest absolute Gasteiger partial charge is 0.424 e. The number of hydrogen-bond donors (Lipinski definition) is 1. The van der Waals surface area contributed by atoms with Crippen molar-refractivity contribution in [2.45, 2.75) is 19.2 Å². The standard InChI is InChI=1S/C15H18FNO3S/c1-9-7-20-8-10(2)17(15(9)21)14(18)12-6-11(16)4-5-13(12)19-3/h4-6,9,15H,7-8H2,1-3H3/p+1/t9-,15?/m1/s1. The van der Waals surface area contributed by atoms with Gasteiger partial charge in [-0.1, -0.05) is 6.92 Å². The fraction of sp³-hybridized carbons (Fsp3) is 0.467. The number of benzene rings is 1. The van der Waals surface area contributed by atoms with E-state index < -0.39 is 5.82 Å². The molecule has 1 heterocycles. The Bertz CT molecular complexity index is 588. The van der Waals surface area contributed by atoms with Crippen LogP contribution in [0.25, 0.3) is 0 Å². The lowest BCUT2D eigenvalue weighted by Crippen LogP contribution is -2.36. The maximum Gasteiger partial charge on any atom is 0.424 e. The lowest BCUT2D eigenvalue weighted by Gasteiger charge is -2.14. The molecule has 0 saturated heterocycles. The monoisotopic (exact) mass is 312 g/mol. The first kappa shape index (κ1) is 16.0. The summed E-state index contributed by atoms with van der Waals surface area (Å²) in [6, 6.07) is 3.90. The van der Waals surface area contributed by atoms with Crippen molar-refractivity contribution >= 4 is 24.2 Å². The zero-order chi connectivity index (χ0) is 15.6. The van der Waals surface area contributed by atoms with Crippen molar-refractivity contribution in [2.75, 3.05) is 20.3 Å². The molecule has 4 nitrogen and oxygen atoms in total. The summed E-state index contributed by atoms with van der Waals surface area (Å²) in [5.74, 6) is -0.408. The van der Waals surface area contributed by atoms with E-state index >= 15 is 0 Å². The van der Waals surface area contributed by atoms with Crippen LogP contribution in [-0.4, -0.2) is 41.9 Å². The zero-order valence-corrected chi connectivity index (χ0v) is 13.2. The fourth-order valence-electron chi connectivity index (χ4n) is 2.30. The molecule has 1 aliphatic rings. The Morgan fingerprint density at radius 2 is 2.24 bits per heavy atom. The van der Waals surface area contributed by atoms with Gasteiger partial charge >= 0.3 is 5.91 Å². The predicted molar refractivity (Wildman–Crippen MR) is 81.0 cm³/mol. The second kappa shape index (κ2) is 6.58. The highest BCUT2D eigenvalue weighted by atomic mass is 32.1. The summed E-state index contributed by atoms with van der Waals surface area (Å²) in [5.41, 5.74) is 0.931. The lowest BCUT2D eigenvalue weighted by atomic mass is 10.1. The fourth-order valence-corrected chi connectivity index (χ4v) is 2.69. The van der Waals surface area contributed by atoms with Crippen LogP contribution in [0, 0.1) is 11.7 Å². The van der Waals surface area contributed by atoms with Crippen LogP contribution in [0.3, 0.4) is 0 Å². The molecular weight excluding hydrogens is 293 g/mol. The van der Waals surface area contributed by atoms with Gasteiger partial charge in [0.25, 0.3) is 0 Å². The highest BCUT2D eigenvalue weighted by molar-refractivity contribution is 7.80. The van der Waals surface area contributed by atoms with Gasteiger partial charge in [-0.15, -0.1) is 12.6 Å². The number of ether oxygens (including phenoxy) is 2. The number of amides is 1. The van der Waals surface area contributed by atoms with Gasteiger partial charge in [0.1, 0.15) is 23.7 Å².